The van der Waals surface area contributed by atoms with Crippen LogP contribution >= 0.6 is 22.6 Å². The summed E-state index contributed by atoms with van der Waals surface area (Å²) in [5, 5.41) is 12.5. The van der Waals surface area contributed by atoms with Crippen molar-refractivity contribution < 1.29 is 19.4 Å². The summed E-state index contributed by atoms with van der Waals surface area (Å²) in [7, 11) is 3.06. The first kappa shape index (κ1) is 15.4. The Kier molecular flexibility index (Phi) is 4.89. The number of ether oxygens (including phenoxy) is 2. The van der Waals surface area contributed by atoms with Crippen molar-refractivity contribution in [3.8, 4) is 17.2 Å². The van der Waals surface area contributed by atoms with Gasteiger partial charge in [-0.1, -0.05) is 0 Å². The van der Waals surface area contributed by atoms with Crippen molar-refractivity contribution in [2.24, 2.45) is 0 Å². The molecule has 6 heteroatoms. The van der Waals surface area contributed by atoms with Crippen LogP contribution in [-0.4, -0.2) is 25.2 Å². The van der Waals surface area contributed by atoms with Crippen LogP contribution in [-0.2, 0) is 0 Å². The maximum Gasteiger partial charge on any atom is 0.259 e. The number of phenolic OH excluding ortho intramolecular Hbond substituents is 1. The molecule has 0 aromatic heterocycles. The number of methoxy groups -OCH3 is 2. The van der Waals surface area contributed by atoms with Gasteiger partial charge in [-0.05, 0) is 52.9 Å². The predicted molar refractivity (Wildman–Crippen MR) is 88.3 cm³/mol. The first-order valence-corrected chi connectivity index (χ1v) is 7.15. The largest absolute Gasteiger partial charge is 0.507 e. The number of amides is 1. The summed E-state index contributed by atoms with van der Waals surface area (Å²) in [6.45, 7) is 0. The molecule has 1 amide bonds. The van der Waals surface area contributed by atoms with E-state index < -0.39 is 5.91 Å². The highest BCUT2D eigenvalue weighted by atomic mass is 127. The number of anilines is 1. The van der Waals surface area contributed by atoms with Crippen LogP contribution in [0.2, 0.25) is 0 Å². The Morgan fingerprint density at radius 1 is 1.10 bits per heavy atom. The number of carbonyl (C=O) groups excluding carboxylic acids is 1. The van der Waals surface area contributed by atoms with Crippen LogP contribution in [0, 0.1) is 3.57 Å². The van der Waals surface area contributed by atoms with Gasteiger partial charge in [-0.3, -0.25) is 4.79 Å². The van der Waals surface area contributed by atoms with Crippen LogP contribution in [0.1, 0.15) is 10.4 Å². The third kappa shape index (κ3) is 3.57. The lowest BCUT2D eigenvalue weighted by Gasteiger charge is -2.11. The molecule has 0 fully saturated rings. The maximum atomic E-state index is 12.2. The van der Waals surface area contributed by atoms with E-state index in [1.54, 1.807) is 37.4 Å². The van der Waals surface area contributed by atoms with Crippen LogP contribution in [0.5, 0.6) is 17.2 Å². The normalized spacial score (nSPS) is 10.0. The van der Waals surface area contributed by atoms with Gasteiger partial charge in [0, 0.05) is 15.3 Å². The summed E-state index contributed by atoms with van der Waals surface area (Å²) in [4.78, 5) is 12.2. The number of rotatable bonds is 4. The number of carbonyl (C=O) groups is 1. The van der Waals surface area contributed by atoms with E-state index in [-0.39, 0.29) is 11.3 Å². The van der Waals surface area contributed by atoms with Gasteiger partial charge in [0.1, 0.15) is 5.75 Å². The molecule has 2 aromatic rings. The zero-order valence-electron chi connectivity index (χ0n) is 11.5. The van der Waals surface area contributed by atoms with E-state index in [9.17, 15) is 9.90 Å². The second kappa shape index (κ2) is 6.66. The Morgan fingerprint density at radius 3 is 2.48 bits per heavy atom. The molecule has 2 N–H and O–H groups in total. The molecular weight excluding hydrogens is 385 g/mol. The maximum absolute atomic E-state index is 12.2. The van der Waals surface area contributed by atoms with Crippen LogP contribution in [0.4, 0.5) is 5.69 Å². The van der Waals surface area contributed by atoms with Crippen LogP contribution in [0.25, 0.3) is 0 Å². The number of aromatic hydroxyl groups is 1. The quantitative estimate of drug-likeness (QED) is 0.775. The molecule has 0 saturated carbocycles. The van der Waals surface area contributed by atoms with E-state index in [2.05, 4.69) is 27.9 Å². The summed E-state index contributed by atoms with van der Waals surface area (Å²) in [5.41, 5.74) is 0.771. The highest BCUT2D eigenvalue weighted by molar-refractivity contribution is 14.1. The average molecular weight is 399 g/mol. The summed E-state index contributed by atoms with van der Waals surface area (Å²) < 4.78 is 11.2. The van der Waals surface area contributed by atoms with Crippen LogP contribution in [0.15, 0.2) is 36.4 Å². The number of nitrogens with one attached hydrogen (secondary N) is 1. The summed E-state index contributed by atoms with van der Waals surface area (Å²) in [5.74, 6) is 0.640. The minimum atomic E-state index is -0.391. The Bertz CT molecular complexity index is 673. The molecule has 0 saturated heterocycles. The fourth-order valence-electron chi connectivity index (χ4n) is 1.80. The van der Waals surface area contributed by atoms with Crippen LogP contribution in [0.3, 0.4) is 0 Å². The average Bonchev–Trinajstić information content (AvgIpc) is 2.49. The highest BCUT2D eigenvalue weighted by Crippen LogP contribution is 2.30. The highest BCUT2D eigenvalue weighted by Gasteiger charge is 2.13. The fourth-order valence-corrected chi connectivity index (χ4v) is 2.29. The standard InChI is InChI=1S/C15H14INO4/c1-20-13-6-4-10(8-14(13)21-2)17-15(19)11-7-9(16)3-5-12(11)18/h3-8,18H,1-2H3,(H,17,19). The lowest BCUT2D eigenvalue weighted by molar-refractivity contribution is 0.102. The van der Waals surface area contributed by atoms with E-state index in [0.717, 1.165) is 3.57 Å². The lowest BCUT2D eigenvalue weighted by atomic mass is 10.2. The Labute approximate surface area is 136 Å². The third-order valence-electron chi connectivity index (χ3n) is 2.84. The van der Waals surface area contributed by atoms with Gasteiger partial charge in [0.2, 0.25) is 0 Å². The van der Waals surface area contributed by atoms with Crippen molar-refractivity contribution >= 4 is 34.2 Å². The second-order valence-corrected chi connectivity index (χ2v) is 5.43. The molecular formula is C15H14INO4. The molecule has 21 heavy (non-hydrogen) atoms. The molecule has 0 radical (unpaired) electrons. The number of benzene rings is 2. The molecule has 0 unspecified atom stereocenters. The SMILES string of the molecule is COc1ccc(NC(=O)c2cc(I)ccc2O)cc1OC. The van der Waals surface area contributed by atoms with Gasteiger partial charge in [0.05, 0.1) is 19.8 Å². The minimum absolute atomic E-state index is 0.0617. The van der Waals surface area contributed by atoms with Gasteiger partial charge in [0.15, 0.2) is 11.5 Å². The second-order valence-electron chi connectivity index (χ2n) is 4.19. The molecule has 0 spiro atoms. The van der Waals surface area contributed by atoms with Crippen molar-refractivity contribution in [2.75, 3.05) is 19.5 Å². The number of phenols is 1. The first-order chi connectivity index (χ1) is 10.0. The van der Waals surface area contributed by atoms with E-state index in [4.69, 9.17) is 9.47 Å². The molecule has 0 atom stereocenters. The van der Waals surface area contributed by atoms with Gasteiger partial charge >= 0.3 is 0 Å². The van der Waals surface area contributed by atoms with E-state index in [1.165, 1.54) is 13.2 Å². The van der Waals surface area contributed by atoms with Gasteiger partial charge in [-0.15, -0.1) is 0 Å². The molecule has 0 aliphatic rings. The van der Waals surface area contributed by atoms with Crippen molar-refractivity contribution in [2.45, 2.75) is 0 Å². The molecule has 2 aromatic carbocycles. The molecule has 0 aliphatic carbocycles. The molecule has 110 valence electrons. The number of halogens is 1. The van der Waals surface area contributed by atoms with Crippen LogP contribution < -0.4 is 14.8 Å². The topological polar surface area (TPSA) is 67.8 Å². The molecule has 5 nitrogen and oxygen atoms in total. The Hall–Kier alpha value is -1.96. The third-order valence-corrected chi connectivity index (χ3v) is 3.52. The van der Waals surface area contributed by atoms with Gasteiger partial charge in [-0.25, -0.2) is 0 Å². The minimum Gasteiger partial charge on any atom is -0.507 e. The zero-order valence-corrected chi connectivity index (χ0v) is 13.7. The van der Waals surface area contributed by atoms with Gasteiger partial charge in [-0.2, -0.15) is 0 Å². The molecule has 0 bridgehead atoms. The van der Waals surface area contributed by atoms with E-state index in [1.807, 2.05) is 0 Å². The van der Waals surface area contributed by atoms with E-state index in [0.29, 0.717) is 17.2 Å². The van der Waals surface area contributed by atoms with Crippen molar-refractivity contribution in [1.29, 1.82) is 0 Å². The first-order valence-electron chi connectivity index (χ1n) is 6.07. The Balaban J connectivity index is 2.25. The predicted octanol–water partition coefficient (Wildman–Crippen LogP) is 3.27. The monoisotopic (exact) mass is 399 g/mol. The summed E-state index contributed by atoms with van der Waals surface area (Å²) in [6.07, 6.45) is 0. The molecule has 0 heterocycles. The smallest absolute Gasteiger partial charge is 0.259 e. The zero-order chi connectivity index (χ0) is 15.4. The van der Waals surface area contributed by atoms with E-state index >= 15 is 0 Å². The van der Waals surface area contributed by atoms with Gasteiger partial charge in [0.25, 0.3) is 5.91 Å². The lowest BCUT2D eigenvalue weighted by Crippen LogP contribution is -2.12. The molecule has 0 aliphatic heterocycles. The number of hydrogen-bond acceptors (Lipinski definition) is 4. The summed E-state index contributed by atoms with van der Waals surface area (Å²) >= 11 is 2.08. The fraction of sp³-hybridized carbons (Fsp3) is 0.133. The number of hydrogen-bond donors (Lipinski definition) is 2. The van der Waals surface area contributed by atoms with Crippen molar-refractivity contribution in [3.63, 3.8) is 0 Å². The van der Waals surface area contributed by atoms with Crippen molar-refractivity contribution in [1.82, 2.24) is 0 Å². The Morgan fingerprint density at radius 2 is 1.81 bits per heavy atom. The van der Waals surface area contributed by atoms with Gasteiger partial charge < -0.3 is 19.9 Å². The molecule has 2 rings (SSSR count). The summed E-state index contributed by atoms with van der Waals surface area (Å²) in [6, 6.07) is 9.88. The van der Waals surface area contributed by atoms with Crippen molar-refractivity contribution in [3.05, 3.63) is 45.5 Å².